The minimum atomic E-state index is -0.139. The molecule has 1 aromatic carbocycles. The molecule has 0 saturated heterocycles. The van der Waals surface area contributed by atoms with E-state index >= 15 is 0 Å². The van der Waals surface area contributed by atoms with Gasteiger partial charge < -0.3 is 10.1 Å². The fraction of sp³-hybridized carbons (Fsp3) is 0.211. The van der Waals surface area contributed by atoms with E-state index in [0.29, 0.717) is 18.8 Å². The zero-order valence-electron chi connectivity index (χ0n) is 14.3. The first-order chi connectivity index (χ1) is 12.1. The van der Waals surface area contributed by atoms with Crippen LogP contribution in [0.5, 0.6) is 5.75 Å². The number of nitrogens with one attached hydrogen (secondary N) is 1. The second kappa shape index (κ2) is 7.61. The van der Waals surface area contributed by atoms with Gasteiger partial charge >= 0.3 is 0 Å². The lowest BCUT2D eigenvalue weighted by atomic mass is 10.2. The van der Waals surface area contributed by atoms with Crippen molar-refractivity contribution in [1.29, 1.82) is 0 Å². The summed E-state index contributed by atoms with van der Waals surface area (Å²) in [5, 5.41) is 7.08. The molecule has 3 aromatic rings. The molecule has 25 heavy (non-hydrogen) atoms. The highest BCUT2D eigenvalue weighted by molar-refractivity contribution is 5.92. The summed E-state index contributed by atoms with van der Waals surface area (Å²) in [5.41, 5.74) is 3.39. The van der Waals surface area contributed by atoms with Crippen molar-refractivity contribution in [3.63, 3.8) is 0 Å². The number of benzene rings is 1. The first-order valence-corrected chi connectivity index (χ1v) is 8.01. The first kappa shape index (κ1) is 16.7. The maximum absolute atomic E-state index is 12.2. The summed E-state index contributed by atoms with van der Waals surface area (Å²) in [7, 11) is 1.76. The summed E-state index contributed by atoms with van der Waals surface area (Å²) in [6, 6.07) is 13.3. The molecular weight excluding hydrogens is 316 g/mol. The topological polar surface area (TPSA) is 69.0 Å². The molecule has 0 aliphatic rings. The third-order valence-corrected chi connectivity index (χ3v) is 3.74. The van der Waals surface area contributed by atoms with Crippen LogP contribution in [0.15, 0.2) is 54.9 Å². The second-order valence-corrected chi connectivity index (χ2v) is 5.77. The van der Waals surface area contributed by atoms with Crippen molar-refractivity contribution >= 4 is 5.91 Å². The standard InChI is InChI=1S/C19H20N4O2/c1-14-10-18(23(2)22-14)19(24)21-12-15-5-7-17(8-6-15)25-13-16-4-3-9-20-11-16/h3-11H,12-13H2,1-2H3,(H,21,24). The number of carbonyl (C=O) groups excluding carboxylic acids is 1. The summed E-state index contributed by atoms with van der Waals surface area (Å²) in [5.74, 6) is 0.640. The van der Waals surface area contributed by atoms with E-state index in [1.807, 2.05) is 43.3 Å². The molecule has 0 radical (unpaired) electrons. The number of rotatable bonds is 6. The number of hydrogen-bond donors (Lipinski definition) is 1. The van der Waals surface area contributed by atoms with Crippen molar-refractivity contribution < 1.29 is 9.53 Å². The predicted octanol–water partition coefficient (Wildman–Crippen LogP) is 2.63. The molecule has 0 aliphatic heterocycles. The van der Waals surface area contributed by atoms with Gasteiger partial charge in [-0.2, -0.15) is 5.10 Å². The minimum absolute atomic E-state index is 0.139. The van der Waals surface area contributed by atoms with Crippen LogP contribution in [0, 0.1) is 6.92 Å². The fourth-order valence-electron chi connectivity index (χ4n) is 2.45. The lowest BCUT2D eigenvalue weighted by Crippen LogP contribution is -2.25. The van der Waals surface area contributed by atoms with E-state index in [1.54, 1.807) is 30.2 Å². The van der Waals surface area contributed by atoms with Crippen LogP contribution >= 0.6 is 0 Å². The first-order valence-electron chi connectivity index (χ1n) is 8.01. The maximum atomic E-state index is 12.2. The molecule has 2 heterocycles. The van der Waals surface area contributed by atoms with Crippen LogP contribution in [-0.4, -0.2) is 20.7 Å². The Morgan fingerprint density at radius 3 is 2.64 bits per heavy atom. The van der Waals surface area contributed by atoms with Gasteiger partial charge in [0.25, 0.3) is 5.91 Å². The Bertz CT molecular complexity index is 842. The average molecular weight is 336 g/mol. The number of hydrogen-bond acceptors (Lipinski definition) is 4. The zero-order valence-corrected chi connectivity index (χ0v) is 14.3. The molecule has 3 rings (SSSR count). The Labute approximate surface area is 146 Å². The van der Waals surface area contributed by atoms with Crippen LogP contribution in [0.25, 0.3) is 0 Å². The van der Waals surface area contributed by atoms with E-state index in [-0.39, 0.29) is 5.91 Å². The number of aromatic nitrogens is 3. The molecule has 6 nitrogen and oxygen atoms in total. The molecular formula is C19H20N4O2. The number of pyridine rings is 1. The predicted molar refractivity (Wildman–Crippen MR) is 94.1 cm³/mol. The number of nitrogens with zero attached hydrogens (tertiary/aromatic N) is 3. The number of carbonyl (C=O) groups is 1. The van der Waals surface area contributed by atoms with Gasteiger partial charge in [-0.1, -0.05) is 18.2 Å². The monoisotopic (exact) mass is 336 g/mol. The summed E-state index contributed by atoms with van der Waals surface area (Å²) < 4.78 is 7.30. The highest BCUT2D eigenvalue weighted by Gasteiger charge is 2.11. The van der Waals surface area contributed by atoms with Gasteiger partial charge in [-0.05, 0) is 36.8 Å². The SMILES string of the molecule is Cc1cc(C(=O)NCc2ccc(OCc3cccnc3)cc2)n(C)n1. The Morgan fingerprint density at radius 1 is 1.20 bits per heavy atom. The van der Waals surface area contributed by atoms with Gasteiger partial charge in [-0.15, -0.1) is 0 Å². The van der Waals surface area contributed by atoms with E-state index in [4.69, 9.17) is 4.74 Å². The highest BCUT2D eigenvalue weighted by atomic mass is 16.5. The zero-order chi connectivity index (χ0) is 17.6. The van der Waals surface area contributed by atoms with Crippen molar-refractivity contribution in [1.82, 2.24) is 20.1 Å². The summed E-state index contributed by atoms with van der Waals surface area (Å²) in [6.07, 6.45) is 3.52. The van der Waals surface area contributed by atoms with Crippen LogP contribution in [0.4, 0.5) is 0 Å². The van der Waals surface area contributed by atoms with Crippen molar-refractivity contribution in [2.24, 2.45) is 7.05 Å². The van der Waals surface area contributed by atoms with E-state index in [1.165, 1.54) is 0 Å². The lowest BCUT2D eigenvalue weighted by molar-refractivity contribution is 0.0941. The van der Waals surface area contributed by atoms with Crippen molar-refractivity contribution in [3.05, 3.63) is 77.4 Å². The number of amides is 1. The van der Waals surface area contributed by atoms with Gasteiger partial charge in [0.05, 0.1) is 5.69 Å². The average Bonchev–Trinajstić information content (AvgIpc) is 2.98. The molecule has 0 spiro atoms. The maximum Gasteiger partial charge on any atom is 0.269 e. The van der Waals surface area contributed by atoms with Crippen LogP contribution in [0.3, 0.4) is 0 Å². The Morgan fingerprint density at radius 2 is 2.00 bits per heavy atom. The molecule has 0 fully saturated rings. The summed E-state index contributed by atoms with van der Waals surface area (Å²) >= 11 is 0. The van der Waals surface area contributed by atoms with Gasteiger partial charge in [0, 0.05) is 31.5 Å². The van der Waals surface area contributed by atoms with Crippen LogP contribution in [0.1, 0.15) is 27.3 Å². The van der Waals surface area contributed by atoms with Crippen LogP contribution < -0.4 is 10.1 Å². The van der Waals surface area contributed by atoms with Gasteiger partial charge in [-0.25, -0.2) is 0 Å². The molecule has 1 N–H and O–H groups in total. The van der Waals surface area contributed by atoms with Gasteiger partial charge in [0.15, 0.2) is 0 Å². The van der Waals surface area contributed by atoms with Crippen LogP contribution in [0.2, 0.25) is 0 Å². The second-order valence-electron chi connectivity index (χ2n) is 5.77. The highest BCUT2D eigenvalue weighted by Crippen LogP contribution is 2.14. The third kappa shape index (κ3) is 4.44. The fourth-order valence-corrected chi connectivity index (χ4v) is 2.45. The Kier molecular flexibility index (Phi) is 5.09. The van der Waals surface area contributed by atoms with E-state index in [0.717, 1.165) is 22.6 Å². The van der Waals surface area contributed by atoms with E-state index in [2.05, 4.69) is 15.4 Å². The largest absolute Gasteiger partial charge is 0.489 e. The number of aryl methyl sites for hydroxylation is 2. The summed E-state index contributed by atoms with van der Waals surface area (Å²) in [4.78, 5) is 16.2. The molecule has 0 unspecified atom stereocenters. The quantitative estimate of drug-likeness (QED) is 0.751. The Hall–Kier alpha value is -3.15. The molecule has 0 saturated carbocycles. The molecule has 0 bridgehead atoms. The van der Waals surface area contributed by atoms with E-state index in [9.17, 15) is 4.79 Å². The minimum Gasteiger partial charge on any atom is -0.489 e. The molecule has 128 valence electrons. The smallest absolute Gasteiger partial charge is 0.269 e. The molecule has 6 heteroatoms. The molecule has 0 atom stereocenters. The lowest BCUT2D eigenvalue weighted by Gasteiger charge is -2.08. The molecule has 1 amide bonds. The van der Waals surface area contributed by atoms with Gasteiger partial charge in [-0.3, -0.25) is 14.5 Å². The normalized spacial score (nSPS) is 10.5. The molecule has 0 aliphatic carbocycles. The number of ether oxygens (including phenoxy) is 1. The van der Waals surface area contributed by atoms with E-state index < -0.39 is 0 Å². The van der Waals surface area contributed by atoms with Crippen molar-refractivity contribution in [2.75, 3.05) is 0 Å². The van der Waals surface area contributed by atoms with Gasteiger partial charge in [0.1, 0.15) is 18.1 Å². The van der Waals surface area contributed by atoms with Gasteiger partial charge in [0.2, 0.25) is 0 Å². The summed E-state index contributed by atoms with van der Waals surface area (Å²) in [6.45, 7) is 2.79. The third-order valence-electron chi connectivity index (χ3n) is 3.74. The van der Waals surface area contributed by atoms with Crippen molar-refractivity contribution in [2.45, 2.75) is 20.1 Å². The van der Waals surface area contributed by atoms with Crippen LogP contribution in [-0.2, 0) is 20.2 Å². The molecule has 2 aromatic heterocycles. The van der Waals surface area contributed by atoms with Crippen molar-refractivity contribution in [3.8, 4) is 5.75 Å². The Balaban J connectivity index is 1.52.